The van der Waals surface area contributed by atoms with E-state index >= 15 is 0 Å². The lowest BCUT2D eigenvalue weighted by Crippen LogP contribution is -2.33. The van der Waals surface area contributed by atoms with Crippen LogP contribution in [0.25, 0.3) is 0 Å². The van der Waals surface area contributed by atoms with E-state index in [1.807, 2.05) is 6.92 Å². The summed E-state index contributed by atoms with van der Waals surface area (Å²) in [5.74, 6) is 2.03. The summed E-state index contributed by atoms with van der Waals surface area (Å²) in [5, 5.41) is 10.7. The fourth-order valence-electron chi connectivity index (χ4n) is 2.35. The Labute approximate surface area is 124 Å². The van der Waals surface area contributed by atoms with Gasteiger partial charge in [-0.15, -0.1) is 5.10 Å². The Hall–Kier alpha value is -1.04. The van der Waals surface area contributed by atoms with Gasteiger partial charge in [-0.3, -0.25) is 9.89 Å². The molecule has 2 N–H and O–H groups in total. The summed E-state index contributed by atoms with van der Waals surface area (Å²) in [6.45, 7) is 6.78. The number of carbonyl (C=O) groups is 1. The minimum atomic E-state index is -0.166. The van der Waals surface area contributed by atoms with Crippen molar-refractivity contribution in [3.63, 3.8) is 0 Å². The average molecular weight is 296 g/mol. The first kappa shape index (κ1) is 15.4. The van der Waals surface area contributed by atoms with Crippen molar-refractivity contribution >= 4 is 17.7 Å². The van der Waals surface area contributed by atoms with Gasteiger partial charge < -0.3 is 5.32 Å². The van der Waals surface area contributed by atoms with E-state index < -0.39 is 0 Å². The van der Waals surface area contributed by atoms with Crippen molar-refractivity contribution in [2.75, 3.05) is 6.54 Å². The molecule has 0 aromatic carbocycles. The second kappa shape index (κ2) is 7.11. The molecule has 20 heavy (non-hydrogen) atoms. The van der Waals surface area contributed by atoms with E-state index in [4.69, 9.17) is 0 Å². The van der Waals surface area contributed by atoms with Gasteiger partial charge in [0.2, 0.25) is 11.1 Å². The van der Waals surface area contributed by atoms with Crippen LogP contribution >= 0.6 is 11.8 Å². The van der Waals surface area contributed by atoms with Crippen LogP contribution in [0, 0.1) is 5.92 Å². The fourth-order valence-corrected chi connectivity index (χ4v) is 3.11. The molecule has 0 aliphatic heterocycles. The highest BCUT2D eigenvalue weighted by Gasteiger charge is 2.22. The fraction of sp³-hybridized carbons (Fsp3) is 0.786. The number of nitrogens with zero attached hydrogens (tertiary/aromatic N) is 2. The third-order valence-corrected chi connectivity index (χ3v) is 4.52. The van der Waals surface area contributed by atoms with E-state index in [9.17, 15) is 4.79 Å². The van der Waals surface area contributed by atoms with E-state index in [0.717, 1.165) is 5.82 Å². The Morgan fingerprint density at radius 3 is 2.75 bits per heavy atom. The minimum absolute atomic E-state index is 0.0518. The summed E-state index contributed by atoms with van der Waals surface area (Å²) in [7, 11) is 0. The smallest absolute Gasteiger partial charge is 0.233 e. The van der Waals surface area contributed by atoms with Gasteiger partial charge in [0.15, 0.2) is 0 Å². The van der Waals surface area contributed by atoms with E-state index in [0.29, 0.717) is 23.5 Å². The third-order valence-electron chi connectivity index (χ3n) is 3.56. The zero-order valence-corrected chi connectivity index (χ0v) is 13.3. The van der Waals surface area contributed by atoms with Crippen LogP contribution in [0.4, 0.5) is 0 Å². The largest absolute Gasteiger partial charge is 0.355 e. The Kier molecular flexibility index (Phi) is 5.46. The number of aromatic nitrogens is 3. The van der Waals surface area contributed by atoms with E-state index in [2.05, 4.69) is 34.3 Å². The van der Waals surface area contributed by atoms with Gasteiger partial charge in [-0.05, 0) is 25.7 Å². The summed E-state index contributed by atoms with van der Waals surface area (Å²) in [4.78, 5) is 16.4. The lowest BCUT2D eigenvalue weighted by atomic mass is 10.1. The van der Waals surface area contributed by atoms with E-state index in [1.165, 1.54) is 37.4 Å². The molecular weight excluding hydrogens is 272 g/mol. The maximum Gasteiger partial charge on any atom is 0.233 e. The van der Waals surface area contributed by atoms with Gasteiger partial charge in [0.25, 0.3) is 0 Å². The van der Waals surface area contributed by atoms with Gasteiger partial charge in [-0.1, -0.05) is 38.5 Å². The van der Waals surface area contributed by atoms with Gasteiger partial charge in [0, 0.05) is 12.5 Å². The average Bonchev–Trinajstić information content (AvgIpc) is 3.05. The predicted molar refractivity (Wildman–Crippen MR) is 80.8 cm³/mol. The third kappa shape index (κ3) is 4.23. The Bertz CT molecular complexity index is 440. The van der Waals surface area contributed by atoms with Gasteiger partial charge in [-0.2, -0.15) is 0 Å². The summed E-state index contributed by atoms with van der Waals surface area (Å²) in [6.07, 6.45) is 4.96. The highest BCUT2D eigenvalue weighted by molar-refractivity contribution is 8.00. The second-order valence-electron chi connectivity index (χ2n) is 5.88. The Balaban J connectivity index is 1.84. The molecule has 1 saturated carbocycles. The van der Waals surface area contributed by atoms with Gasteiger partial charge in [0.05, 0.1) is 5.25 Å². The van der Waals surface area contributed by atoms with E-state index in [1.54, 1.807) is 0 Å². The predicted octanol–water partition coefficient (Wildman–Crippen LogP) is 2.72. The Morgan fingerprint density at radius 1 is 1.40 bits per heavy atom. The zero-order chi connectivity index (χ0) is 14.5. The monoisotopic (exact) mass is 296 g/mol. The number of aromatic amines is 1. The molecule has 112 valence electrons. The molecule has 1 aromatic heterocycles. The van der Waals surface area contributed by atoms with Crippen LogP contribution < -0.4 is 5.32 Å². The summed E-state index contributed by atoms with van der Waals surface area (Å²) in [6, 6.07) is 0. The molecule has 0 unspecified atom stereocenters. The topological polar surface area (TPSA) is 70.7 Å². The first-order valence-electron chi connectivity index (χ1n) is 7.43. The van der Waals surface area contributed by atoms with Gasteiger partial charge in [-0.25, -0.2) is 4.98 Å². The van der Waals surface area contributed by atoms with Gasteiger partial charge in [0.1, 0.15) is 5.82 Å². The molecule has 6 heteroatoms. The number of thioether (sulfide) groups is 1. The lowest BCUT2D eigenvalue weighted by molar-refractivity contribution is -0.120. The standard InChI is InChI=1S/C14H24N4OS/c1-9(2)8-15-13(19)10(3)20-14-16-12(17-18-14)11-6-4-5-7-11/h9-11H,4-8H2,1-3H3,(H,15,19)(H,16,17,18)/t10-/m0/s1. The number of nitrogens with one attached hydrogen (secondary N) is 2. The molecule has 1 aliphatic rings. The number of hydrogen-bond acceptors (Lipinski definition) is 4. The van der Waals surface area contributed by atoms with Crippen LogP contribution in [-0.4, -0.2) is 32.9 Å². The van der Waals surface area contributed by atoms with E-state index in [-0.39, 0.29) is 11.2 Å². The first-order valence-corrected chi connectivity index (χ1v) is 8.31. The van der Waals surface area contributed by atoms with Crippen LogP contribution in [0.3, 0.4) is 0 Å². The van der Waals surface area contributed by atoms with Crippen LogP contribution in [0.15, 0.2) is 5.16 Å². The SMILES string of the molecule is CC(C)CNC(=O)[C@H](C)Sc1n[nH]c(C2CCCC2)n1. The van der Waals surface area contributed by atoms with Crippen LogP contribution in [0.1, 0.15) is 58.2 Å². The minimum Gasteiger partial charge on any atom is -0.355 e. The maximum absolute atomic E-state index is 11.9. The van der Waals surface area contributed by atoms with Gasteiger partial charge >= 0.3 is 0 Å². The van der Waals surface area contributed by atoms with Crippen molar-refractivity contribution in [3.05, 3.63) is 5.82 Å². The lowest BCUT2D eigenvalue weighted by Gasteiger charge is -2.11. The zero-order valence-electron chi connectivity index (χ0n) is 12.5. The number of carbonyl (C=O) groups excluding carboxylic acids is 1. The van der Waals surface area contributed by atoms with Crippen molar-refractivity contribution in [2.24, 2.45) is 5.92 Å². The molecular formula is C14H24N4OS. The van der Waals surface area contributed by atoms with Crippen molar-refractivity contribution in [3.8, 4) is 0 Å². The molecule has 1 fully saturated rings. The number of rotatable bonds is 6. The molecule has 5 nitrogen and oxygen atoms in total. The molecule has 0 bridgehead atoms. The summed E-state index contributed by atoms with van der Waals surface area (Å²) in [5.41, 5.74) is 0. The molecule has 1 amide bonds. The highest BCUT2D eigenvalue weighted by Crippen LogP contribution is 2.32. The van der Waals surface area contributed by atoms with Crippen LogP contribution in [0.2, 0.25) is 0 Å². The van der Waals surface area contributed by atoms with Crippen molar-refractivity contribution in [2.45, 2.75) is 62.8 Å². The summed E-state index contributed by atoms with van der Waals surface area (Å²) < 4.78 is 0. The van der Waals surface area contributed by atoms with Crippen LogP contribution in [-0.2, 0) is 4.79 Å². The summed E-state index contributed by atoms with van der Waals surface area (Å²) >= 11 is 1.42. The molecule has 2 rings (SSSR count). The quantitative estimate of drug-likeness (QED) is 0.792. The highest BCUT2D eigenvalue weighted by atomic mass is 32.2. The molecule has 0 spiro atoms. The molecule has 1 aromatic rings. The number of amides is 1. The normalized spacial score (nSPS) is 17.6. The number of hydrogen-bond donors (Lipinski definition) is 2. The Morgan fingerprint density at radius 2 is 2.10 bits per heavy atom. The first-order chi connectivity index (χ1) is 9.56. The van der Waals surface area contributed by atoms with Crippen LogP contribution in [0.5, 0.6) is 0 Å². The molecule has 0 radical (unpaired) electrons. The molecule has 1 atom stereocenters. The molecule has 0 saturated heterocycles. The molecule has 1 aliphatic carbocycles. The van der Waals surface area contributed by atoms with Crippen molar-refractivity contribution in [1.82, 2.24) is 20.5 Å². The van der Waals surface area contributed by atoms with Crippen molar-refractivity contribution in [1.29, 1.82) is 0 Å². The van der Waals surface area contributed by atoms with Crippen molar-refractivity contribution < 1.29 is 4.79 Å². The number of H-pyrrole nitrogens is 1. The maximum atomic E-state index is 11.9. The molecule has 1 heterocycles. The second-order valence-corrected chi connectivity index (χ2v) is 7.19.